The minimum atomic E-state index is -0.459. The molecule has 0 bridgehead atoms. The van der Waals surface area contributed by atoms with Crippen molar-refractivity contribution >= 4 is 0 Å². The molecule has 0 spiro atoms. The van der Waals surface area contributed by atoms with Gasteiger partial charge in [0.2, 0.25) is 0 Å². The molecule has 118 valence electrons. The molecule has 0 saturated carbocycles. The standard InChI is InChI=1S/C17H25F2NO/c1-3-5-14-11-13(8-9-21-14)20-12(2)10-15-16(18)6-4-7-17(15)19/h4,6-7,12-14,20H,3,5,8-11H2,1-2H3. The van der Waals surface area contributed by atoms with Gasteiger partial charge in [-0.05, 0) is 44.7 Å². The molecule has 1 aromatic rings. The maximum Gasteiger partial charge on any atom is 0.129 e. The van der Waals surface area contributed by atoms with Gasteiger partial charge in [0.15, 0.2) is 0 Å². The number of halogens is 2. The van der Waals surface area contributed by atoms with Crippen LogP contribution in [0.15, 0.2) is 18.2 Å². The zero-order chi connectivity index (χ0) is 15.2. The second kappa shape index (κ2) is 7.85. The Morgan fingerprint density at radius 2 is 2.05 bits per heavy atom. The Hall–Kier alpha value is -1.00. The van der Waals surface area contributed by atoms with Gasteiger partial charge in [-0.15, -0.1) is 0 Å². The van der Waals surface area contributed by atoms with E-state index < -0.39 is 11.6 Å². The molecule has 1 saturated heterocycles. The molecule has 3 atom stereocenters. The second-order valence-corrected chi connectivity index (χ2v) is 5.97. The summed E-state index contributed by atoms with van der Waals surface area (Å²) in [6, 6.07) is 4.45. The molecule has 1 aromatic carbocycles. The molecule has 4 heteroatoms. The molecule has 1 heterocycles. The summed E-state index contributed by atoms with van der Waals surface area (Å²) in [4.78, 5) is 0. The Morgan fingerprint density at radius 1 is 1.33 bits per heavy atom. The van der Waals surface area contributed by atoms with Gasteiger partial charge in [0, 0.05) is 24.3 Å². The minimum absolute atomic E-state index is 0.0433. The minimum Gasteiger partial charge on any atom is -0.378 e. The molecule has 0 aliphatic carbocycles. The molecule has 0 aromatic heterocycles. The smallest absolute Gasteiger partial charge is 0.129 e. The van der Waals surface area contributed by atoms with Crippen molar-refractivity contribution in [3.8, 4) is 0 Å². The Balaban J connectivity index is 1.88. The van der Waals surface area contributed by atoms with Crippen LogP contribution in [0.5, 0.6) is 0 Å². The van der Waals surface area contributed by atoms with Gasteiger partial charge in [0.1, 0.15) is 11.6 Å². The fourth-order valence-electron chi connectivity index (χ4n) is 3.05. The first-order chi connectivity index (χ1) is 10.1. The van der Waals surface area contributed by atoms with E-state index in [1.807, 2.05) is 6.92 Å². The molecule has 21 heavy (non-hydrogen) atoms. The van der Waals surface area contributed by atoms with Crippen molar-refractivity contribution in [2.24, 2.45) is 0 Å². The van der Waals surface area contributed by atoms with Crippen molar-refractivity contribution in [1.82, 2.24) is 5.32 Å². The summed E-state index contributed by atoms with van der Waals surface area (Å²) in [6.45, 7) is 4.91. The number of rotatable bonds is 6. The zero-order valence-electron chi connectivity index (χ0n) is 12.9. The Labute approximate surface area is 125 Å². The zero-order valence-corrected chi connectivity index (χ0v) is 12.9. The summed E-state index contributed by atoms with van der Waals surface area (Å²) in [5.74, 6) is -0.918. The van der Waals surface area contributed by atoms with Crippen LogP contribution in [0.25, 0.3) is 0 Å². The van der Waals surface area contributed by atoms with Crippen LogP contribution < -0.4 is 5.32 Å². The average Bonchev–Trinajstić information content (AvgIpc) is 2.44. The maximum atomic E-state index is 13.7. The number of benzene rings is 1. The molecule has 1 N–H and O–H groups in total. The molecule has 0 amide bonds. The van der Waals surface area contributed by atoms with E-state index in [1.54, 1.807) is 0 Å². The quantitative estimate of drug-likeness (QED) is 0.861. The van der Waals surface area contributed by atoms with Gasteiger partial charge in [0.05, 0.1) is 6.10 Å². The van der Waals surface area contributed by atoms with Crippen LogP contribution in [0.1, 0.15) is 45.1 Å². The van der Waals surface area contributed by atoms with Crippen LogP contribution in [-0.4, -0.2) is 24.8 Å². The molecular formula is C17H25F2NO. The van der Waals surface area contributed by atoms with Crippen LogP contribution in [0.2, 0.25) is 0 Å². The van der Waals surface area contributed by atoms with Crippen LogP contribution in [0.4, 0.5) is 8.78 Å². The van der Waals surface area contributed by atoms with Gasteiger partial charge in [0.25, 0.3) is 0 Å². The Bertz CT molecular complexity index is 430. The molecule has 2 rings (SSSR count). The summed E-state index contributed by atoms with van der Waals surface area (Å²) in [7, 11) is 0. The molecule has 1 aliphatic rings. The highest BCUT2D eigenvalue weighted by atomic mass is 19.1. The number of ether oxygens (including phenoxy) is 1. The van der Waals surface area contributed by atoms with Crippen molar-refractivity contribution in [3.05, 3.63) is 35.4 Å². The van der Waals surface area contributed by atoms with Crippen LogP contribution >= 0.6 is 0 Å². The summed E-state index contributed by atoms with van der Waals surface area (Å²) in [5.41, 5.74) is 0.176. The molecule has 3 unspecified atom stereocenters. The fourth-order valence-corrected chi connectivity index (χ4v) is 3.05. The molecule has 2 nitrogen and oxygen atoms in total. The summed E-state index contributed by atoms with van der Waals surface area (Å²) in [5, 5.41) is 3.50. The first-order valence-corrected chi connectivity index (χ1v) is 7.90. The van der Waals surface area contributed by atoms with Gasteiger partial charge < -0.3 is 10.1 Å². The van der Waals surface area contributed by atoms with Crippen molar-refractivity contribution in [2.45, 2.75) is 64.1 Å². The van der Waals surface area contributed by atoms with Crippen molar-refractivity contribution in [2.75, 3.05) is 6.61 Å². The van der Waals surface area contributed by atoms with Gasteiger partial charge in [-0.1, -0.05) is 19.4 Å². The van der Waals surface area contributed by atoms with Gasteiger partial charge in [-0.3, -0.25) is 0 Å². The summed E-state index contributed by atoms with van der Waals surface area (Å²) < 4.78 is 33.1. The van der Waals surface area contributed by atoms with E-state index in [0.717, 1.165) is 32.3 Å². The highest BCUT2D eigenvalue weighted by molar-refractivity contribution is 5.20. The third-order valence-electron chi connectivity index (χ3n) is 4.07. The van der Waals surface area contributed by atoms with E-state index in [4.69, 9.17) is 4.74 Å². The predicted octanol–water partition coefficient (Wildman–Crippen LogP) is 3.83. The van der Waals surface area contributed by atoms with Gasteiger partial charge in [-0.25, -0.2) is 8.78 Å². The van der Waals surface area contributed by atoms with Crippen LogP contribution in [0.3, 0.4) is 0 Å². The number of hydrogen-bond acceptors (Lipinski definition) is 2. The lowest BCUT2D eigenvalue weighted by Crippen LogP contribution is -2.44. The Morgan fingerprint density at radius 3 is 2.71 bits per heavy atom. The van der Waals surface area contributed by atoms with E-state index in [9.17, 15) is 8.78 Å². The van der Waals surface area contributed by atoms with Crippen molar-refractivity contribution in [1.29, 1.82) is 0 Å². The molecule has 1 fully saturated rings. The van der Waals surface area contributed by atoms with E-state index in [0.29, 0.717) is 18.6 Å². The third-order valence-corrected chi connectivity index (χ3v) is 4.07. The first-order valence-electron chi connectivity index (χ1n) is 7.90. The Kier molecular flexibility index (Phi) is 6.12. The highest BCUT2D eigenvalue weighted by Crippen LogP contribution is 2.19. The third kappa shape index (κ3) is 4.75. The average molecular weight is 297 g/mol. The summed E-state index contributed by atoms with van der Waals surface area (Å²) >= 11 is 0. The van der Waals surface area contributed by atoms with Crippen molar-refractivity contribution < 1.29 is 13.5 Å². The highest BCUT2D eigenvalue weighted by Gasteiger charge is 2.23. The van der Waals surface area contributed by atoms with E-state index in [1.165, 1.54) is 18.2 Å². The molecular weight excluding hydrogens is 272 g/mol. The largest absolute Gasteiger partial charge is 0.378 e. The maximum absolute atomic E-state index is 13.7. The van der Waals surface area contributed by atoms with Gasteiger partial charge >= 0.3 is 0 Å². The van der Waals surface area contributed by atoms with E-state index in [-0.39, 0.29) is 11.6 Å². The van der Waals surface area contributed by atoms with Crippen LogP contribution in [0, 0.1) is 11.6 Å². The second-order valence-electron chi connectivity index (χ2n) is 5.97. The molecule has 0 radical (unpaired) electrons. The summed E-state index contributed by atoms with van der Waals surface area (Å²) in [6.07, 6.45) is 4.83. The SMILES string of the molecule is CCCC1CC(NC(C)Cc2c(F)cccc2F)CCO1. The number of nitrogens with one attached hydrogen (secondary N) is 1. The lowest BCUT2D eigenvalue weighted by atomic mass is 9.98. The van der Waals surface area contributed by atoms with E-state index in [2.05, 4.69) is 12.2 Å². The molecule has 1 aliphatic heterocycles. The lowest BCUT2D eigenvalue weighted by molar-refractivity contribution is -0.00468. The lowest BCUT2D eigenvalue weighted by Gasteiger charge is -2.32. The van der Waals surface area contributed by atoms with Gasteiger partial charge in [-0.2, -0.15) is 0 Å². The van der Waals surface area contributed by atoms with Crippen molar-refractivity contribution in [3.63, 3.8) is 0 Å². The fraction of sp³-hybridized carbons (Fsp3) is 0.647. The first kappa shape index (κ1) is 16.4. The number of hydrogen-bond donors (Lipinski definition) is 1. The normalized spacial score (nSPS) is 24.0. The topological polar surface area (TPSA) is 21.3 Å². The monoisotopic (exact) mass is 297 g/mol. The predicted molar refractivity (Wildman–Crippen MR) is 80.3 cm³/mol. The van der Waals surface area contributed by atoms with E-state index >= 15 is 0 Å². The van der Waals surface area contributed by atoms with Crippen LogP contribution in [-0.2, 0) is 11.2 Å².